The summed E-state index contributed by atoms with van der Waals surface area (Å²) in [6.45, 7) is 0. The zero-order chi connectivity index (χ0) is 14.7. The van der Waals surface area contributed by atoms with Crippen molar-refractivity contribution in [1.82, 2.24) is 0 Å². The van der Waals surface area contributed by atoms with Crippen molar-refractivity contribution in [3.05, 3.63) is 63.6 Å². The van der Waals surface area contributed by atoms with E-state index in [0.717, 1.165) is 0 Å². The van der Waals surface area contributed by atoms with Gasteiger partial charge >= 0.3 is 0 Å². The number of ether oxygens (including phenoxy) is 1. The first-order valence-electron chi connectivity index (χ1n) is 5.97. The van der Waals surface area contributed by atoms with Crippen LogP contribution in [0, 0.1) is 11.6 Å². The second-order valence-electron chi connectivity index (χ2n) is 4.33. The topological polar surface area (TPSA) is 29.5 Å². The number of hydrogen-bond acceptors (Lipinski definition) is 2. The van der Waals surface area contributed by atoms with E-state index >= 15 is 0 Å². The summed E-state index contributed by atoms with van der Waals surface area (Å²) in [6.07, 6.45) is -0.740. The molecule has 0 aliphatic rings. The van der Waals surface area contributed by atoms with Gasteiger partial charge in [-0.3, -0.25) is 0 Å². The van der Waals surface area contributed by atoms with Crippen LogP contribution < -0.4 is 4.74 Å². The average Bonchev–Trinajstić information content (AvgIpc) is 2.42. The van der Waals surface area contributed by atoms with E-state index in [2.05, 4.69) is 15.9 Å². The Bertz CT molecular complexity index is 617. The fourth-order valence-electron chi connectivity index (χ4n) is 1.95. The fourth-order valence-corrected chi connectivity index (χ4v) is 2.48. The van der Waals surface area contributed by atoms with Crippen LogP contribution in [0.5, 0.6) is 5.75 Å². The molecule has 2 aromatic rings. The van der Waals surface area contributed by atoms with Gasteiger partial charge in [-0.2, -0.15) is 0 Å². The Kier molecular flexibility index (Phi) is 4.73. The van der Waals surface area contributed by atoms with Crippen molar-refractivity contribution >= 4 is 15.9 Å². The first-order valence-corrected chi connectivity index (χ1v) is 6.76. The number of methoxy groups -OCH3 is 1. The smallest absolute Gasteiger partial charge is 0.165 e. The minimum absolute atomic E-state index is 0.148. The Morgan fingerprint density at radius 2 is 1.95 bits per heavy atom. The van der Waals surface area contributed by atoms with Crippen LogP contribution in [0.15, 0.2) is 40.9 Å². The Balaban J connectivity index is 2.21. The highest BCUT2D eigenvalue weighted by atomic mass is 79.9. The molecule has 0 fully saturated rings. The highest BCUT2D eigenvalue weighted by molar-refractivity contribution is 9.10. The molecule has 0 aromatic heterocycles. The molecule has 0 saturated carbocycles. The molecule has 0 aliphatic heterocycles. The van der Waals surface area contributed by atoms with Crippen molar-refractivity contribution in [3.63, 3.8) is 0 Å². The lowest BCUT2D eigenvalue weighted by Crippen LogP contribution is -2.04. The molecular formula is C15H13BrF2O2. The Labute approximate surface area is 124 Å². The number of aliphatic hydroxyl groups is 1. The molecule has 20 heavy (non-hydrogen) atoms. The number of benzene rings is 2. The van der Waals surface area contributed by atoms with E-state index in [1.54, 1.807) is 12.1 Å². The van der Waals surface area contributed by atoms with Gasteiger partial charge in [0.1, 0.15) is 5.82 Å². The molecule has 1 atom stereocenters. The molecule has 0 heterocycles. The van der Waals surface area contributed by atoms with Gasteiger partial charge in [0, 0.05) is 6.42 Å². The third kappa shape index (κ3) is 3.16. The quantitative estimate of drug-likeness (QED) is 0.909. The summed E-state index contributed by atoms with van der Waals surface area (Å²) in [4.78, 5) is 0. The van der Waals surface area contributed by atoms with Crippen LogP contribution in [0.25, 0.3) is 0 Å². The Hall–Kier alpha value is -1.46. The SMILES string of the molecule is COc1ccc(CC(O)c2cccc(F)c2Br)cc1F. The lowest BCUT2D eigenvalue weighted by atomic mass is 10.0. The van der Waals surface area contributed by atoms with E-state index in [0.29, 0.717) is 11.1 Å². The molecule has 2 aromatic carbocycles. The highest BCUT2D eigenvalue weighted by Crippen LogP contribution is 2.29. The maximum atomic E-state index is 13.6. The first kappa shape index (κ1) is 14.9. The van der Waals surface area contributed by atoms with Gasteiger partial charge in [0.2, 0.25) is 0 Å². The molecule has 2 nitrogen and oxygen atoms in total. The van der Waals surface area contributed by atoms with E-state index in [1.807, 2.05) is 0 Å². The second kappa shape index (κ2) is 6.33. The van der Waals surface area contributed by atoms with Crippen molar-refractivity contribution in [2.24, 2.45) is 0 Å². The number of hydrogen-bond donors (Lipinski definition) is 1. The van der Waals surface area contributed by atoms with Crippen molar-refractivity contribution in [2.45, 2.75) is 12.5 Å². The molecule has 0 aliphatic carbocycles. The van der Waals surface area contributed by atoms with E-state index in [-0.39, 0.29) is 16.6 Å². The van der Waals surface area contributed by atoms with Crippen molar-refractivity contribution < 1.29 is 18.6 Å². The first-order chi connectivity index (χ1) is 9.52. The van der Waals surface area contributed by atoms with Gasteiger partial charge in [0.05, 0.1) is 17.7 Å². The molecule has 0 spiro atoms. The fraction of sp³-hybridized carbons (Fsp3) is 0.200. The van der Waals surface area contributed by atoms with Crippen LogP contribution in [0.3, 0.4) is 0 Å². The van der Waals surface area contributed by atoms with Gasteiger partial charge in [0.25, 0.3) is 0 Å². The predicted octanol–water partition coefficient (Wildman–Crippen LogP) is 4.01. The van der Waals surface area contributed by atoms with E-state index in [1.165, 1.54) is 31.4 Å². The van der Waals surface area contributed by atoms with Crippen LogP contribution in [-0.4, -0.2) is 12.2 Å². The molecule has 1 N–H and O–H groups in total. The van der Waals surface area contributed by atoms with Crippen molar-refractivity contribution in [1.29, 1.82) is 0 Å². The summed E-state index contributed by atoms with van der Waals surface area (Å²) in [6, 6.07) is 8.91. The molecule has 2 rings (SSSR count). The molecule has 0 radical (unpaired) electrons. The van der Waals surface area contributed by atoms with E-state index in [4.69, 9.17) is 4.74 Å². The van der Waals surface area contributed by atoms with Crippen LogP contribution in [0.1, 0.15) is 17.2 Å². The maximum absolute atomic E-state index is 13.6. The van der Waals surface area contributed by atoms with Gasteiger partial charge < -0.3 is 9.84 Å². The Morgan fingerprint density at radius 1 is 1.20 bits per heavy atom. The lowest BCUT2D eigenvalue weighted by molar-refractivity contribution is 0.177. The van der Waals surface area contributed by atoms with E-state index < -0.39 is 17.7 Å². The second-order valence-corrected chi connectivity index (χ2v) is 5.12. The summed E-state index contributed by atoms with van der Waals surface area (Å²) in [5.41, 5.74) is 1.04. The molecule has 5 heteroatoms. The van der Waals surface area contributed by atoms with Crippen LogP contribution in [-0.2, 0) is 6.42 Å². The largest absolute Gasteiger partial charge is 0.494 e. The predicted molar refractivity (Wildman–Crippen MR) is 75.7 cm³/mol. The molecule has 106 valence electrons. The Morgan fingerprint density at radius 3 is 2.60 bits per heavy atom. The monoisotopic (exact) mass is 342 g/mol. The number of aliphatic hydroxyl groups excluding tert-OH is 1. The van der Waals surface area contributed by atoms with Gasteiger partial charge in [-0.25, -0.2) is 8.78 Å². The van der Waals surface area contributed by atoms with Gasteiger partial charge in [-0.1, -0.05) is 18.2 Å². The van der Waals surface area contributed by atoms with Gasteiger partial charge in [-0.15, -0.1) is 0 Å². The zero-order valence-electron chi connectivity index (χ0n) is 10.7. The highest BCUT2D eigenvalue weighted by Gasteiger charge is 2.15. The minimum Gasteiger partial charge on any atom is -0.494 e. The standard InChI is InChI=1S/C15H13BrF2O2/c1-20-14-6-5-9(7-12(14)18)8-13(19)10-3-2-4-11(17)15(10)16/h2-7,13,19H,8H2,1H3. The lowest BCUT2D eigenvalue weighted by Gasteiger charge is -2.14. The molecule has 1 unspecified atom stereocenters. The van der Waals surface area contributed by atoms with Crippen molar-refractivity contribution in [3.8, 4) is 5.75 Å². The molecule has 0 saturated heterocycles. The van der Waals surface area contributed by atoms with Gasteiger partial charge in [-0.05, 0) is 45.3 Å². The summed E-state index contributed by atoms with van der Waals surface area (Å²) >= 11 is 3.10. The average molecular weight is 343 g/mol. The minimum atomic E-state index is -0.923. The summed E-state index contributed by atoms with van der Waals surface area (Å²) < 4.78 is 32.0. The third-order valence-electron chi connectivity index (χ3n) is 2.99. The number of halogens is 3. The van der Waals surface area contributed by atoms with E-state index in [9.17, 15) is 13.9 Å². The molecule has 0 bridgehead atoms. The summed E-state index contributed by atoms with van der Waals surface area (Å²) in [5.74, 6) is -0.784. The van der Waals surface area contributed by atoms with Crippen LogP contribution in [0.4, 0.5) is 8.78 Å². The van der Waals surface area contributed by atoms with Crippen LogP contribution in [0.2, 0.25) is 0 Å². The summed E-state index contributed by atoms with van der Waals surface area (Å²) in [5, 5.41) is 10.1. The number of rotatable bonds is 4. The summed E-state index contributed by atoms with van der Waals surface area (Å²) in [7, 11) is 1.39. The molecule has 0 amide bonds. The van der Waals surface area contributed by atoms with Crippen molar-refractivity contribution in [2.75, 3.05) is 7.11 Å². The maximum Gasteiger partial charge on any atom is 0.165 e. The normalized spacial score (nSPS) is 12.2. The zero-order valence-corrected chi connectivity index (χ0v) is 12.3. The van der Waals surface area contributed by atoms with Gasteiger partial charge in [0.15, 0.2) is 11.6 Å². The van der Waals surface area contributed by atoms with Crippen LogP contribution >= 0.6 is 15.9 Å². The molecular weight excluding hydrogens is 330 g/mol. The third-order valence-corrected chi connectivity index (χ3v) is 3.82.